The van der Waals surface area contributed by atoms with Gasteiger partial charge in [0.25, 0.3) is 0 Å². The number of aromatic nitrogens is 1. The van der Waals surface area contributed by atoms with Gasteiger partial charge in [-0.05, 0) is 0 Å². The Bertz CT molecular complexity index is 233. The summed E-state index contributed by atoms with van der Waals surface area (Å²) in [5.41, 5.74) is 0. The van der Waals surface area contributed by atoms with Crippen LogP contribution in [0.15, 0.2) is 10.6 Å². The molecule has 3 heteroatoms. The van der Waals surface area contributed by atoms with Gasteiger partial charge in [-0.3, -0.25) is 0 Å². The summed E-state index contributed by atoms with van der Waals surface area (Å²) in [6.45, 7) is 1.75. The number of oxazole rings is 1. The highest BCUT2D eigenvalue weighted by molar-refractivity contribution is 4.99. The van der Waals surface area contributed by atoms with Crippen molar-refractivity contribution in [2.45, 2.75) is 13.3 Å². The van der Waals surface area contributed by atoms with E-state index < -0.39 is 0 Å². The molecule has 0 atom stereocenters. The summed E-state index contributed by atoms with van der Waals surface area (Å²) >= 11 is 0. The third kappa shape index (κ3) is 1.29. The maximum Gasteiger partial charge on any atom is 0.191 e. The molecule has 0 bridgehead atoms. The van der Waals surface area contributed by atoms with Crippen LogP contribution in [0.3, 0.4) is 0 Å². The van der Waals surface area contributed by atoms with E-state index in [2.05, 4.69) is 4.98 Å². The summed E-state index contributed by atoms with van der Waals surface area (Å²) in [7, 11) is 0. The van der Waals surface area contributed by atoms with Gasteiger partial charge in [0.1, 0.15) is 5.76 Å². The first-order chi connectivity index (χ1) is 4.33. The first kappa shape index (κ1) is 5.83. The second-order valence-corrected chi connectivity index (χ2v) is 1.68. The highest BCUT2D eigenvalue weighted by atomic mass is 16.3. The van der Waals surface area contributed by atoms with Crippen molar-refractivity contribution in [2.75, 3.05) is 0 Å². The number of nitriles is 1. The van der Waals surface area contributed by atoms with E-state index in [1.54, 1.807) is 13.1 Å². The van der Waals surface area contributed by atoms with Gasteiger partial charge in [-0.2, -0.15) is 5.26 Å². The van der Waals surface area contributed by atoms with Crippen LogP contribution in [0.4, 0.5) is 0 Å². The lowest BCUT2D eigenvalue weighted by Gasteiger charge is -1.78. The van der Waals surface area contributed by atoms with Crippen LogP contribution >= 0.6 is 0 Å². The van der Waals surface area contributed by atoms with Gasteiger partial charge in [-0.15, -0.1) is 0 Å². The van der Waals surface area contributed by atoms with E-state index in [0.29, 0.717) is 18.1 Å². The second kappa shape index (κ2) is 2.31. The molecule has 0 fully saturated rings. The van der Waals surface area contributed by atoms with Crippen molar-refractivity contribution >= 4 is 0 Å². The van der Waals surface area contributed by atoms with E-state index >= 15 is 0 Å². The molecule has 0 N–H and O–H groups in total. The van der Waals surface area contributed by atoms with Crippen molar-refractivity contribution in [3.05, 3.63) is 17.8 Å². The number of aryl methyl sites for hydroxylation is 1. The Kier molecular flexibility index (Phi) is 1.50. The normalized spacial score (nSPS) is 8.89. The standard InChI is InChI=1S/C6H6N2O/c1-5-8-4-6(9-5)2-3-7/h4H,2H2,1H3. The van der Waals surface area contributed by atoms with Gasteiger partial charge in [-0.1, -0.05) is 0 Å². The van der Waals surface area contributed by atoms with E-state index in [-0.39, 0.29) is 0 Å². The Hall–Kier alpha value is -1.30. The average molecular weight is 122 g/mol. The number of hydrogen-bond acceptors (Lipinski definition) is 3. The fourth-order valence-electron chi connectivity index (χ4n) is 0.565. The van der Waals surface area contributed by atoms with Crippen LogP contribution in [0.25, 0.3) is 0 Å². The molecule has 1 rings (SSSR count). The van der Waals surface area contributed by atoms with Crippen LogP contribution in [0.5, 0.6) is 0 Å². The third-order valence-corrected chi connectivity index (χ3v) is 0.922. The monoisotopic (exact) mass is 122 g/mol. The minimum Gasteiger partial charge on any atom is -0.445 e. The zero-order chi connectivity index (χ0) is 6.69. The first-order valence-corrected chi connectivity index (χ1v) is 2.61. The molecule has 0 amide bonds. The van der Waals surface area contributed by atoms with Gasteiger partial charge < -0.3 is 4.42 Å². The third-order valence-electron chi connectivity index (χ3n) is 0.922. The molecule has 0 aromatic carbocycles. The summed E-state index contributed by atoms with van der Waals surface area (Å²) in [5, 5.41) is 8.19. The van der Waals surface area contributed by atoms with Gasteiger partial charge in [0.2, 0.25) is 0 Å². The molecule has 0 aliphatic carbocycles. The molecule has 1 aromatic heterocycles. The van der Waals surface area contributed by atoms with Crippen molar-refractivity contribution in [3.63, 3.8) is 0 Å². The van der Waals surface area contributed by atoms with E-state index in [9.17, 15) is 0 Å². The highest BCUT2D eigenvalue weighted by Crippen LogP contribution is 2.00. The van der Waals surface area contributed by atoms with Crippen molar-refractivity contribution < 1.29 is 4.42 Å². The van der Waals surface area contributed by atoms with Crippen molar-refractivity contribution in [2.24, 2.45) is 0 Å². The predicted octanol–water partition coefficient (Wildman–Crippen LogP) is 1.05. The molecular formula is C6H6N2O. The molecule has 0 spiro atoms. The quantitative estimate of drug-likeness (QED) is 0.559. The van der Waals surface area contributed by atoms with E-state index in [4.69, 9.17) is 9.68 Å². The van der Waals surface area contributed by atoms with E-state index in [0.717, 1.165) is 0 Å². The van der Waals surface area contributed by atoms with Gasteiger partial charge >= 0.3 is 0 Å². The Morgan fingerprint density at radius 3 is 3.11 bits per heavy atom. The molecule has 0 aliphatic rings. The summed E-state index contributed by atoms with van der Waals surface area (Å²) in [5.74, 6) is 1.25. The van der Waals surface area contributed by atoms with Gasteiger partial charge in [-0.25, -0.2) is 4.98 Å². The molecule has 1 heterocycles. The largest absolute Gasteiger partial charge is 0.445 e. The van der Waals surface area contributed by atoms with Crippen LogP contribution in [0.2, 0.25) is 0 Å². The van der Waals surface area contributed by atoms with Crippen LogP contribution in [-0.2, 0) is 6.42 Å². The van der Waals surface area contributed by atoms with Gasteiger partial charge in [0.15, 0.2) is 5.89 Å². The van der Waals surface area contributed by atoms with Crippen LogP contribution in [0, 0.1) is 18.3 Å². The molecule has 0 saturated heterocycles. The molecule has 1 aromatic rings. The zero-order valence-corrected chi connectivity index (χ0v) is 5.09. The lowest BCUT2D eigenvalue weighted by molar-refractivity contribution is 0.486. The Morgan fingerprint density at radius 2 is 2.67 bits per heavy atom. The zero-order valence-electron chi connectivity index (χ0n) is 5.09. The summed E-state index contributed by atoms with van der Waals surface area (Å²) in [6.07, 6.45) is 1.87. The fourth-order valence-corrected chi connectivity index (χ4v) is 0.565. The summed E-state index contributed by atoms with van der Waals surface area (Å²) in [4.78, 5) is 3.82. The maximum absolute atomic E-state index is 8.19. The minimum atomic E-state index is 0.306. The molecule has 46 valence electrons. The topological polar surface area (TPSA) is 49.8 Å². The Balaban J connectivity index is 2.76. The maximum atomic E-state index is 8.19. The van der Waals surface area contributed by atoms with Crippen LogP contribution in [0.1, 0.15) is 11.7 Å². The number of hydrogen-bond donors (Lipinski definition) is 0. The molecule has 0 unspecified atom stereocenters. The molecule has 0 aliphatic heterocycles. The van der Waals surface area contributed by atoms with Gasteiger partial charge in [0, 0.05) is 6.92 Å². The fraction of sp³-hybridized carbons (Fsp3) is 0.333. The lowest BCUT2D eigenvalue weighted by atomic mass is 10.4. The van der Waals surface area contributed by atoms with Crippen LogP contribution in [-0.4, -0.2) is 4.98 Å². The molecular weight excluding hydrogens is 116 g/mol. The SMILES string of the molecule is Cc1ncc(CC#N)o1. The van der Waals surface area contributed by atoms with Gasteiger partial charge in [0.05, 0.1) is 18.7 Å². The molecule has 0 radical (unpaired) electrons. The van der Waals surface area contributed by atoms with Crippen LogP contribution < -0.4 is 0 Å². The van der Waals surface area contributed by atoms with E-state index in [1.807, 2.05) is 6.07 Å². The lowest BCUT2D eigenvalue weighted by Crippen LogP contribution is -1.71. The summed E-state index contributed by atoms with van der Waals surface area (Å²) in [6, 6.07) is 1.96. The highest BCUT2D eigenvalue weighted by Gasteiger charge is 1.95. The van der Waals surface area contributed by atoms with Crippen molar-refractivity contribution in [1.29, 1.82) is 5.26 Å². The minimum absolute atomic E-state index is 0.306. The Morgan fingerprint density at radius 1 is 1.89 bits per heavy atom. The first-order valence-electron chi connectivity index (χ1n) is 2.61. The van der Waals surface area contributed by atoms with E-state index in [1.165, 1.54) is 0 Å². The Labute approximate surface area is 52.9 Å². The molecule has 9 heavy (non-hydrogen) atoms. The molecule has 0 saturated carbocycles. The van der Waals surface area contributed by atoms with Crippen molar-refractivity contribution in [1.82, 2.24) is 4.98 Å². The predicted molar refractivity (Wildman–Crippen MR) is 30.6 cm³/mol. The van der Waals surface area contributed by atoms with Crippen molar-refractivity contribution in [3.8, 4) is 6.07 Å². The number of rotatable bonds is 1. The summed E-state index contributed by atoms with van der Waals surface area (Å²) < 4.78 is 4.99. The second-order valence-electron chi connectivity index (χ2n) is 1.68. The average Bonchev–Trinajstić information content (AvgIpc) is 2.17. The molecule has 3 nitrogen and oxygen atoms in total. The number of nitrogens with zero attached hydrogens (tertiary/aromatic N) is 2. The smallest absolute Gasteiger partial charge is 0.191 e.